The van der Waals surface area contributed by atoms with Gasteiger partial charge in [-0.05, 0) is 96.4 Å². The SMILES string of the molecule is c1ccc(C2(c3ccccc3)c3ccccc3-c3ccc(-c4cccc(-c5ccc6c7c(cccc57)-c5ccccc5S6)c4)cc32)cc1. The lowest BCUT2D eigenvalue weighted by Gasteiger charge is -2.34. The minimum absolute atomic E-state index is 0.410. The van der Waals surface area contributed by atoms with E-state index in [4.69, 9.17) is 0 Å². The Morgan fingerprint density at radius 3 is 1.75 bits per heavy atom. The van der Waals surface area contributed by atoms with Crippen molar-refractivity contribution in [1.82, 2.24) is 0 Å². The summed E-state index contributed by atoms with van der Waals surface area (Å²) in [5.41, 5.74) is 15.1. The predicted octanol–water partition coefficient (Wildman–Crippen LogP) is 12.7. The molecule has 0 saturated carbocycles. The second kappa shape index (κ2) is 10.7. The van der Waals surface area contributed by atoms with E-state index in [1.54, 1.807) is 0 Å². The third-order valence-electron chi connectivity index (χ3n) is 10.4. The molecule has 10 rings (SSSR count). The molecule has 0 spiro atoms. The predicted molar refractivity (Wildman–Crippen MR) is 202 cm³/mol. The van der Waals surface area contributed by atoms with Crippen molar-refractivity contribution in [3.8, 4) is 44.5 Å². The lowest BCUT2D eigenvalue weighted by molar-refractivity contribution is 0.769. The summed E-state index contributed by atoms with van der Waals surface area (Å²) in [7, 11) is 0. The highest BCUT2D eigenvalue weighted by Crippen LogP contribution is 2.57. The van der Waals surface area contributed by atoms with Gasteiger partial charge in [-0.1, -0.05) is 169 Å². The van der Waals surface area contributed by atoms with Gasteiger partial charge in [-0.25, -0.2) is 0 Å². The minimum atomic E-state index is -0.410. The Hall–Kier alpha value is -5.63. The van der Waals surface area contributed by atoms with Crippen molar-refractivity contribution in [3.63, 3.8) is 0 Å². The summed E-state index contributed by atoms with van der Waals surface area (Å²) in [5, 5.41) is 2.66. The monoisotopic (exact) mass is 626 g/mol. The number of rotatable bonds is 4. The van der Waals surface area contributed by atoms with Crippen LogP contribution in [0.15, 0.2) is 192 Å². The molecule has 0 unspecified atom stereocenters. The van der Waals surface area contributed by atoms with E-state index in [1.807, 2.05) is 11.8 Å². The van der Waals surface area contributed by atoms with E-state index in [0.717, 1.165) is 0 Å². The van der Waals surface area contributed by atoms with Crippen molar-refractivity contribution in [2.45, 2.75) is 15.2 Å². The van der Waals surface area contributed by atoms with Gasteiger partial charge < -0.3 is 0 Å². The molecule has 0 amide bonds. The molecule has 0 atom stereocenters. The average molecular weight is 627 g/mol. The number of fused-ring (bicyclic) bond motifs is 5. The van der Waals surface area contributed by atoms with Crippen LogP contribution >= 0.6 is 11.8 Å². The molecular formula is C47H30S. The van der Waals surface area contributed by atoms with Crippen molar-refractivity contribution < 1.29 is 0 Å². The maximum atomic E-state index is 2.46. The van der Waals surface area contributed by atoms with Crippen molar-refractivity contribution in [2.24, 2.45) is 0 Å². The van der Waals surface area contributed by atoms with E-state index >= 15 is 0 Å². The molecule has 1 heteroatoms. The molecule has 0 aromatic heterocycles. The molecule has 0 nitrogen and oxygen atoms in total. The third kappa shape index (κ3) is 3.92. The molecule has 1 heterocycles. The molecule has 8 aromatic carbocycles. The van der Waals surface area contributed by atoms with Gasteiger partial charge in [0.1, 0.15) is 0 Å². The molecule has 0 saturated heterocycles. The van der Waals surface area contributed by atoms with Crippen molar-refractivity contribution >= 4 is 22.5 Å². The van der Waals surface area contributed by atoms with Gasteiger partial charge in [0.15, 0.2) is 0 Å². The normalized spacial score (nSPS) is 13.5. The maximum absolute atomic E-state index is 2.46. The number of hydrogen-bond donors (Lipinski definition) is 0. The Labute approximate surface area is 285 Å². The highest BCUT2D eigenvalue weighted by atomic mass is 32.2. The fraction of sp³-hybridized carbons (Fsp3) is 0.0213. The van der Waals surface area contributed by atoms with Crippen LogP contribution in [-0.2, 0) is 5.41 Å². The second-order valence-corrected chi connectivity index (χ2v) is 13.9. The summed E-state index contributed by atoms with van der Waals surface area (Å²) in [6.07, 6.45) is 0. The summed E-state index contributed by atoms with van der Waals surface area (Å²) in [4.78, 5) is 2.66. The molecule has 2 aliphatic rings. The summed E-state index contributed by atoms with van der Waals surface area (Å²) >= 11 is 1.88. The van der Waals surface area contributed by atoms with Gasteiger partial charge in [0.25, 0.3) is 0 Å². The summed E-state index contributed by atoms with van der Waals surface area (Å²) < 4.78 is 0. The highest BCUT2D eigenvalue weighted by molar-refractivity contribution is 7.99. The van der Waals surface area contributed by atoms with Gasteiger partial charge in [0.2, 0.25) is 0 Å². The fourth-order valence-electron chi connectivity index (χ4n) is 8.32. The first-order chi connectivity index (χ1) is 23.8. The molecular weight excluding hydrogens is 597 g/mol. The molecule has 8 aromatic rings. The van der Waals surface area contributed by atoms with Crippen LogP contribution in [0.3, 0.4) is 0 Å². The van der Waals surface area contributed by atoms with Gasteiger partial charge in [0, 0.05) is 15.2 Å². The maximum Gasteiger partial charge on any atom is 0.0713 e. The van der Waals surface area contributed by atoms with Gasteiger partial charge in [-0.3, -0.25) is 0 Å². The molecule has 1 aliphatic heterocycles. The van der Waals surface area contributed by atoms with Crippen molar-refractivity contribution in [1.29, 1.82) is 0 Å². The van der Waals surface area contributed by atoms with Crippen LogP contribution in [0, 0.1) is 0 Å². The molecule has 0 N–H and O–H groups in total. The Balaban J connectivity index is 1.16. The Kier molecular flexibility index (Phi) is 6.13. The zero-order valence-corrected chi connectivity index (χ0v) is 27.0. The first-order valence-corrected chi connectivity index (χ1v) is 17.4. The topological polar surface area (TPSA) is 0 Å². The first kappa shape index (κ1) is 27.5. The molecule has 0 fully saturated rings. The van der Waals surface area contributed by atoms with Crippen LogP contribution in [-0.4, -0.2) is 0 Å². The zero-order valence-electron chi connectivity index (χ0n) is 26.2. The lowest BCUT2D eigenvalue weighted by atomic mass is 9.67. The van der Waals surface area contributed by atoms with Gasteiger partial charge in [-0.2, -0.15) is 0 Å². The third-order valence-corrected chi connectivity index (χ3v) is 11.5. The molecule has 1 aliphatic carbocycles. The molecule has 48 heavy (non-hydrogen) atoms. The van der Waals surface area contributed by atoms with E-state index in [2.05, 4.69) is 182 Å². The lowest BCUT2D eigenvalue weighted by Crippen LogP contribution is -2.28. The summed E-state index contributed by atoms with van der Waals surface area (Å²) in [6.45, 7) is 0. The summed E-state index contributed by atoms with van der Waals surface area (Å²) in [5.74, 6) is 0. The quantitative estimate of drug-likeness (QED) is 0.187. The Morgan fingerprint density at radius 2 is 0.938 bits per heavy atom. The van der Waals surface area contributed by atoms with Crippen LogP contribution < -0.4 is 0 Å². The standard InChI is InChI=1S/C47H30S/c1-3-15-34(16-4-1)47(35-17-5-2-6-18-35)42-23-9-7-19-37(42)38-26-25-32(30-43(38)47)31-13-11-14-33(29-31)36-27-28-45-46-40(36)21-12-22-41(46)39-20-8-10-24-44(39)48-45/h1-30H. The zero-order chi connectivity index (χ0) is 31.7. The number of benzene rings is 8. The number of hydrogen-bond acceptors (Lipinski definition) is 1. The van der Waals surface area contributed by atoms with Gasteiger partial charge in [-0.15, -0.1) is 0 Å². The van der Waals surface area contributed by atoms with E-state index in [0.29, 0.717) is 0 Å². The van der Waals surface area contributed by atoms with Crippen LogP contribution in [0.1, 0.15) is 22.3 Å². The second-order valence-electron chi connectivity index (χ2n) is 12.8. The first-order valence-electron chi connectivity index (χ1n) is 16.6. The fourth-order valence-corrected chi connectivity index (χ4v) is 9.45. The van der Waals surface area contributed by atoms with Crippen molar-refractivity contribution in [2.75, 3.05) is 0 Å². The van der Waals surface area contributed by atoms with Crippen LogP contribution in [0.4, 0.5) is 0 Å². The average Bonchev–Trinajstić information content (AvgIpc) is 3.46. The minimum Gasteiger partial charge on any atom is -0.0888 e. The smallest absolute Gasteiger partial charge is 0.0713 e. The largest absolute Gasteiger partial charge is 0.0888 e. The van der Waals surface area contributed by atoms with Crippen LogP contribution in [0.2, 0.25) is 0 Å². The Morgan fingerprint density at radius 1 is 0.333 bits per heavy atom. The van der Waals surface area contributed by atoms with Gasteiger partial charge >= 0.3 is 0 Å². The van der Waals surface area contributed by atoms with E-state index in [9.17, 15) is 0 Å². The molecule has 0 radical (unpaired) electrons. The van der Waals surface area contributed by atoms with E-state index < -0.39 is 5.41 Å². The summed E-state index contributed by atoms with van der Waals surface area (Å²) in [6, 6.07) is 67.5. The van der Waals surface area contributed by atoms with Crippen LogP contribution in [0.5, 0.6) is 0 Å². The van der Waals surface area contributed by atoms with E-state index in [-0.39, 0.29) is 0 Å². The van der Waals surface area contributed by atoms with Crippen LogP contribution in [0.25, 0.3) is 55.3 Å². The van der Waals surface area contributed by atoms with Gasteiger partial charge in [0.05, 0.1) is 5.41 Å². The van der Waals surface area contributed by atoms with Crippen molar-refractivity contribution in [3.05, 3.63) is 204 Å². The molecule has 0 bridgehead atoms. The van der Waals surface area contributed by atoms with E-state index in [1.165, 1.54) is 87.3 Å². The highest BCUT2D eigenvalue weighted by Gasteiger charge is 2.46. The molecule has 224 valence electrons. The Bertz CT molecular complexity index is 2490.